The smallest absolute Gasteiger partial charge is 0.263 e. The summed E-state index contributed by atoms with van der Waals surface area (Å²) in [7, 11) is -0.115. The number of nitrogens with one attached hydrogen (secondary N) is 2. The lowest BCUT2D eigenvalue weighted by atomic mass is 10.2. The molecule has 0 aliphatic heterocycles. The Labute approximate surface area is 132 Å². The van der Waals surface area contributed by atoms with Gasteiger partial charge in [0.25, 0.3) is 10.0 Å². The number of aromatic nitrogens is 2. The summed E-state index contributed by atoms with van der Waals surface area (Å²) in [4.78, 5) is 0.207. The van der Waals surface area contributed by atoms with E-state index >= 15 is 0 Å². The van der Waals surface area contributed by atoms with Gasteiger partial charge in [-0.25, -0.2) is 8.42 Å². The van der Waals surface area contributed by atoms with Crippen LogP contribution in [-0.4, -0.2) is 25.2 Å². The fraction of sp³-hybridized carbons (Fsp3) is 0.308. The van der Waals surface area contributed by atoms with Gasteiger partial charge in [-0.2, -0.15) is 5.10 Å². The first-order valence-electron chi connectivity index (χ1n) is 6.29. The van der Waals surface area contributed by atoms with Gasteiger partial charge < -0.3 is 5.32 Å². The van der Waals surface area contributed by atoms with Gasteiger partial charge in [-0.1, -0.05) is 6.07 Å². The summed E-state index contributed by atoms with van der Waals surface area (Å²) in [6, 6.07) is 5.25. The van der Waals surface area contributed by atoms with Crippen molar-refractivity contribution >= 4 is 31.6 Å². The number of halogens is 1. The summed E-state index contributed by atoms with van der Waals surface area (Å²) in [5.74, 6) is 0. The van der Waals surface area contributed by atoms with Crippen molar-refractivity contribution in [3.05, 3.63) is 40.1 Å². The van der Waals surface area contributed by atoms with Crippen LogP contribution in [0.2, 0.25) is 0 Å². The molecule has 0 spiro atoms. The fourth-order valence-electron chi connectivity index (χ4n) is 1.97. The zero-order chi connectivity index (χ0) is 15.6. The van der Waals surface area contributed by atoms with Crippen molar-refractivity contribution in [3.8, 4) is 0 Å². The monoisotopic (exact) mass is 372 g/mol. The number of aryl methyl sites for hydroxylation is 2. The SMILES string of the molecule is CNCc1ccc(Br)c(S(=O)(=O)Nc2cn(C)nc2C)c1. The van der Waals surface area contributed by atoms with E-state index in [1.54, 1.807) is 37.0 Å². The molecule has 1 aromatic heterocycles. The molecule has 0 aliphatic rings. The number of hydrogen-bond acceptors (Lipinski definition) is 4. The average Bonchev–Trinajstić information content (AvgIpc) is 2.69. The zero-order valence-corrected chi connectivity index (χ0v) is 14.4. The molecule has 0 amide bonds. The summed E-state index contributed by atoms with van der Waals surface area (Å²) < 4.78 is 29.7. The summed E-state index contributed by atoms with van der Waals surface area (Å²) in [5.41, 5.74) is 2.00. The summed E-state index contributed by atoms with van der Waals surface area (Å²) in [5, 5.41) is 7.13. The van der Waals surface area contributed by atoms with Gasteiger partial charge in [0, 0.05) is 24.3 Å². The van der Waals surface area contributed by atoms with Gasteiger partial charge in [0.05, 0.1) is 11.4 Å². The summed E-state index contributed by atoms with van der Waals surface area (Å²) >= 11 is 3.29. The van der Waals surface area contributed by atoms with Crippen molar-refractivity contribution in [1.29, 1.82) is 0 Å². The highest BCUT2D eigenvalue weighted by atomic mass is 79.9. The predicted molar refractivity (Wildman–Crippen MR) is 85.7 cm³/mol. The molecule has 0 atom stereocenters. The zero-order valence-electron chi connectivity index (χ0n) is 12.0. The Morgan fingerprint density at radius 1 is 1.38 bits per heavy atom. The van der Waals surface area contributed by atoms with Crippen LogP contribution in [0.25, 0.3) is 0 Å². The highest BCUT2D eigenvalue weighted by Crippen LogP contribution is 2.26. The predicted octanol–water partition coefficient (Wildman–Crippen LogP) is 2.01. The van der Waals surface area contributed by atoms with Crippen LogP contribution in [0.1, 0.15) is 11.3 Å². The minimum Gasteiger partial charge on any atom is -0.316 e. The molecule has 0 saturated heterocycles. The van der Waals surface area contributed by atoms with E-state index in [1.807, 2.05) is 13.1 Å². The molecule has 114 valence electrons. The molecule has 1 aromatic carbocycles. The van der Waals surface area contributed by atoms with Gasteiger partial charge in [0.1, 0.15) is 4.90 Å². The molecule has 0 fully saturated rings. The number of hydrogen-bond donors (Lipinski definition) is 2. The highest BCUT2D eigenvalue weighted by molar-refractivity contribution is 9.10. The topological polar surface area (TPSA) is 76.0 Å². The molecule has 0 aliphatic carbocycles. The molecule has 2 rings (SSSR count). The molecule has 0 unspecified atom stereocenters. The second-order valence-electron chi connectivity index (χ2n) is 4.70. The standard InChI is InChI=1S/C13H17BrN4O2S/c1-9-12(8-18(3)16-9)17-21(19,20)13-6-10(7-15-2)4-5-11(13)14/h4-6,8,15,17H,7H2,1-3H3. The van der Waals surface area contributed by atoms with Gasteiger partial charge in [-0.15, -0.1) is 0 Å². The molecular weight excluding hydrogens is 356 g/mol. The lowest BCUT2D eigenvalue weighted by Crippen LogP contribution is -2.15. The molecule has 6 nitrogen and oxygen atoms in total. The van der Waals surface area contributed by atoms with Crippen molar-refractivity contribution < 1.29 is 8.42 Å². The van der Waals surface area contributed by atoms with Gasteiger partial charge in [-0.05, 0) is 47.6 Å². The maximum Gasteiger partial charge on any atom is 0.263 e. The van der Waals surface area contributed by atoms with Crippen LogP contribution in [-0.2, 0) is 23.6 Å². The van der Waals surface area contributed by atoms with E-state index in [-0.39, 0.29) is 4.90 Å². The first-order valence-corrected chi connectivity index (χ1v) is 8.57. The van der Waals surface area contributed by atoms with Gasteiger partial charge in [0.2, 0.25) is 0 Å². The molecule has 1 heterocycles. The van der Waals surface area contributed by atoms with Crippen molar-refractivity contribution in [3.63, 3.8) is 0 Å². The van der Waals surface area contributed by atoms with Crippen LogP contribution in [0.3, 0.4) is 0 Å². The minimum absolute atomic E-state index is 0.207. The Hall–Kier alpha value is -1.38. The van der Waals surface area contributed by atoms with E-state index in [4.69, 9.17) is 0 Å². The van der Waals surface area contributed by atoms with E-state index in [1.165, 1.54) is 0 Å². The van der Waals surface area contributed by atoms with Crippen LogP contribution in [0.15, 0.2) is 33.8 Å². The van der Waals surface area contributed by atoms with Gasteiger partial charge in [-0.3, -0.25) is 9.40 Å². The van der Waals surface area contributed by atoms with E-state index in [0.29, 0.717) is 22.4 Å². The van der Waals surface area contributed by atoms with Crippen LogP contribution >= 0.6 is 15.9 Å². The third-order valence-electron chi connectivity index (χ3n) is 2.92. The molecule has 0 bridgehead atoms. The number of benzene rings is 1. The molecule has 21 heavy (non-hydrogen) atoms. The van der Waals surface area contributed by atoms with Crippen molar-refractivity contribution in [2.75, 3.05) is 11.8 Å². The molecule has 8 heteroatoms. The van der Waals surface area contributed by atoms with Crippen molar-refractivity contribution in [2.45, 2.75) is 18.4 Å². The van der Waals surface area contributed by atoms with Crippen molar-refractivity contribution in [1.82, 2.24) is 15.1 Å². The Bertz CT molecular complexity index is 756. The Kier molecular flexibility index (Phi) is 4.70. The van der Waals surface area contributed by atoms with Crippen LogP contribution in [0.5, 0.6) is 0 Å². The Morgan fingerprint density at radius 3 is 2.67 bits per heavy atom. The number of rotatable bonds is 5. The van der Waals surface area contributed by atoms with E-state index in [9.17, 15) is 8.42 Å². The molecular formula is C13H17BrN4O2S. The quantitative estimate of drug-likeness (QED) is 0.841. The molecule has 0 radical (unpaired) electrons. The molecule has 2 aromatic rings. The summed E-state index contributed by atoms with van der Waals surface area (Å²) in [6.07, 6.45) is 1.64. The third-order valence-corrected chi connectivity index (χ3v) is 5.28. The van der Waals surface area contributed by atoms with E-state index in [2.05, 4.69) is 31.1 Å². The third kappa shape index (κ3) is 3.63. The second kappa shape index (κ2) is 6.17. The van der Waals surface area contributed by atoms with Gasteiger partial charge >= 0.3 is 0 Å². The van der Waals surface area contributed by atoms with Crippen LogP contribution < -0.4 is 10.0 Å². The second-order valence-corrected chi connectivity index (χ2v) is 7.21. The average molecular weight is 373 g/mol. The maximum absolute atomic E-state index is 12.5. The molecule has 0 saturated carbocycles. The van der Waals surface area contributed by atoms with Crippen LogP contribution in [0, 0.1) is 6.92 Å². The fourth-order valence-corrected chi connectivity index (χ4v) is 4.08. The normalized spacial score (nSPS) is 11.6. The molecule has 2 N–H and O–H groups in total. The number of sulfonamides is 1. The lowest BCUT2D eigenvalue weighted by molar-refractivity contribution is 0.600. The minimum atomic E-state index is -3.67. The largest absolute Gasteiger partial charge is 0.316 e. The highest BCUT2D eigenvalue weighted by Gasteiger charge is 2.20. The Balaban J connectivity index is 2.39. The van der Waals surface area contributed by atoms with Crippen molar-refractivity contribution in [2.24, 2.45) is 7.05 Å². The van der Waals surface area contributed by atoms with E-state index in [0.717, 1.165) is 5.56 Å². The van der Waals surface area contributed by atoms with Crippen LogP contribution in [0.4, 0.5) is 5.69 Å². The Morgan fingerprint density at radius 2 is 2.10 bits per heavy atom. The van der Waals surface area contributed by atoms with Gasteiger partial charge in [0.15, 0.2) is 0 Å². The van der Waals surface area contributed by atoms with E-state index < -0.39 is 10.0 Å². The first kappa shape index (κ1) is 16.0. The first-order chi connectivity index (χ1) is 9.83. The number of nitrogens with zero attached hydrogens (tertiary/aromatic N) is 2. The summed E-state index contributed by atoms with van der Waals surface area (Å²) in [6.45, 7) is 2.35. The number of anilines is 1. The maximum atomic E-state index is 12.5. The lowest BCUT2D eigenvalue weighted by Gasteiger charge is -2.10.